The van der Waals surface area contributed by atoms with Crippen molar-refractivity contribution >= 4 is 46.9 Å². The molecule has 3 rings (SSSR count). The number of carbonyl (C=O) groups is 2. The first-order valence-electron chi connectivity index (χ1n) is 10.1. The number of carbonyl (C=O) groups excluding carboxylic acids is 2. The number of nitrogens with one attached hydrogen (secondary N) is 2. The monoisotopic (exact) mass is 523 g/mol. The zero-order valence-electron chi connectivity index (χ0n) is 17.9. The van der Waals surface area contributed by atoms with E-state index in [-0.39, 0.29) is 18.6 Å². The van der Waals surface area contributed by atoms with Gasteiger partial charge in [-0.25, -0.2) is 5.43 Å². The minimum Gasteiger partial charge on any atom is -0.484 e. The van der Waals surface area contributed by atoms with E-state index in [0.717, 1.165) is 12.1 Å². The predicted molar refractivity (Wildman–Crippen MR) is 128 cm³/mol. The van der Waals surface area contributed by atoms with Gasteiger partial charge < -0.3 is 10.1 Å². The van der Waals surface area contributed by atoms with Gasteiger partial charge in [0.25, 0.3) is 5.91 Å². The van der Waals surface area contributed by atoms with E-state index in [1.807, 2.05) is 0 Å². The third-order valence-electron chi connectivity index (χ3n) is 4.47. The smallest absolute Gasteiger partial charge is 0.416 e. The Hall–Kier alpha value is -3.56. The molecule has 0 aliphatic rings. The standard InChI is InChI=1S/C24H18Cl2F3N3O3/c25-18-6-9-20(26)21(12-18)31-23(34)14-35-19-7-4-15(5-8-19)13-30-32-22(33)11-16-2-1-3-17(10-16)24(27,28)29/h1-10,12-13H,11,14H2,(H,31,34)(H,32,33)/b30-13-. The van der Waals surface area contributed by atoms with Crippen LogP contribution in [-0.4, -0.2) is 24.6 Å². The highest BCUT2D eigenvalue weighted by Crippen LogP contribution is 2.29. The summed E-state index contributed by atoms with van der Waals surface area (Å²) in [6.45, 7) is -0.262. The van der Waals surface area contributed by atoms with Crippen LogP contribution in [0.4, 0.5) is 18.9 Å². The molecule has 6 nitrogen and oxygen atoms in total. The fourth-order valence-electron chi connectivity index (χ4n) is 2.84. The molecule has 3 aromatic rings. The van der Waals surface area contributed by atoms with Crippen LogP contribution in [0.3, 0.4) is 0 Å². The number of benzene rings is 3. The quantitative estimate of drug-likeness (QED) is 0.292. The van der Waals surface area contributed by atoms with Crippen LogP contribution in [0.5, 0.6) is 5.75 Å². The van der Waals surface area contributed by atoms with E-state index < -0.39 is 23.6 Å². The number of hydrogen-bond donors (Lipinski definition) is 2. The molecule has 0 unspecified atom stereocenters. The van der Waals surface area contributed by atoms with Gasteiger partial charge in [-0.05, 0) is 59.7 Å². The number of hydrazone groups is 1. The zero-order chi connectivity index (χ0) is 25.4. The normalized spacial score (nSPS) is 11.3. The van der Waals surface area contributed by atoms with Gasteiger partial charge in [0.1, 0.15) is 5.75 Å². The van der Waals surface area contributed by atoms with Crippen LogP contribution in [0.15, 0.2) is 71.8 Å². The Labute approximate surface area is 208 Å². The fourth-order valence-corrected chi connectivity index (χ4v) is 3.18. The van der Waals surface area contributed by atoms with Gasteiger partial charge in [0.15, 0.2) is 6.61 Å². The summed E-state index contributed by atoms with van der Waals surface area (Å²) in [5.41, 5.74) is 2.65. The maximum absolute atomic E-state index is 12.8. The largest absolute Gasteiger partial charge is 0.484 e. The summed E-state index contributed by atoms with van der Waals surface area (Å²) in [4.78, 5) is 24.0. The van der Waals surface area contributed by atoms with Crippen LogP contribution < -0.4 is 15.5 Å². The van der Waals surface area contributed by atoms with Gasteiger partial charge in [0.05, 0.1) is 28.9 Å². The van der Waals surface area contributed by atoms with Crippen molar-refractivity contribution in [2.45, 2.75) is 12.6 Å². The van der Waals surface area contributed by atoms with Crippen molar-refractivity contribution in [3.8, 4) is 5.75 Å². The second-order valence-corrected chi connectivity index (χ2v) is 8.04. The molecule has 0 saturated carbocycles. The molecular formula is C24H18Cl2F3N3O3. The third kappa shape index (κ3) is 8.31. The van der Waals surface area contributed by atoms with Crippen LogP contribution in [0.2, 0.25) is 10.0 Å². The fraction of sp³-hybridized carbons (Fsp3) is 0.125. The van der Waals surface area contributed by atoms with Crippen molar-refractivity contribution in [3.05, 3.63) is 93.5 Å². The van der Waals surface area contributed by atoms with Crippen molar-refractivity contribution in [2.24, 2.45) is 5.10 Å². The predicted octanol–water partition coefficient (Wildman–Crippen LogP) is 5.72. The van der Waals surface area contributed by atoms with E-state index in [2.05, 4.69) is 15.8 Å². The summed E-state index contributed by atoms with van der Waals surface area (Å²) in [5.74, 6) is -0.572. The van der Waals surface area contributed by atoms with Crippen LogP contribution in [0.25, 0.3) is 0 Å². The van der Waals surface area contributed by atoms with Crippen molar-refractivity contribution in [1.29, 1.82) is 0 Å². The van der Waals surface area contributed by atoms with Crippen LogP contribution in [-0.2, 0) is 22.2 Å². The van der Waals surface area contributed by atoms with E-state index >= 15 is 0 Å². The number of anilines is 1. The van der Waals surface area contributed by atoms with Gasteiger partial charge in [0.2, 0.25) is 5.91 Å². The van der Waals surface area contributed by atoms with Crippen molar-refractivity contribution in [1.82, 2.24) is 5.43 Å². The number of nitrogens with zero attached hydrogens (tertiary/aromatic N) is 1. The van der Waals surface area contributed by atoms with Crippen LogP contribution in [0.1, 0.15) is 16.7 Å². The molecule has 2 amide bonds. The summed E-state index contributed by atoms with van der Waals surface area (Å²) in [6.07, 6.45) is -3.37. The molecule has 0 radical (unpaired) electrons. The Morgan fingerprint density at radius 3 is 2.43 bits per heavy atom. The number of ether oxygens (including phenoxy) is 1. The molecule has 0 heterocycles. The molecule has 0 fully saturated rings. The minimum absolute atomic E-state index is 0.218. The highest BCUT2D eigenvalue weighted by atomic mass is 35.5. The van der Waals surface area contributed by atoms with Gasteiger partial charge >= 0.3 is 6.18 Å². The molecule has 0 bridgehead atoms. The topological polar surface area (TPSA) is 79.8 Å². The second kappa shape index (κ2) is 11.7. The lowest BCUT2D eigenvalue weighted by Gasteiger charge is -2.09. The van der Waals surface area contributed by atoms with Gasteiger partial charge in [-0.15, -0.1) is 0 Å². The lowest BCUT2D eigenvalue weighted by molar-refractivity contribution is -0.137. The minimum atomic E-state index is -4.48. The first-order chi connectivity index (χ1) is 16.6. The van der Waals surface area contributed by atoms with Gasteiger partial charge in [-0.3, -0.25) is 9.59 Å². The van der Waals surface area contributed by atoms with Crippen molar-refractivity contribution in [2.75, 3.05) is 11.9 Å². The Morgan fingerprint density at radius 1 is 0.971 bits per heavy atom. The van der Waals surface area contributed by atoms with Gasteiger partial charge in [0, 0.05) is 5.02 Å². The molecule has 0 saturated heterocycles. The lowest BCUT2D eigenvalue weighted by atomic mass is 10.1. The summed E-state index contributed by atoms with van der Waals surface area (Å²) in [7, 11) is 0. The van der Waals surface area contributed by atoms with Crippen LogP contribution in [0, 0.1) is 0 Å². The molecule has 0 aliphatic heterocycles. The summed E-state index contributed by atoms with van der Waals surface area (Å²) in [6, 6.07) is 15.7. The van der Waals surface area contributed by atoms with Crippen molar-refractivity contribution < 1.29 is 27.5 Å². The first-order valence-corrected chi connectivity index (χ1v) is 10.8. The molecule has 182 valence electrons. The van der Waals surface area contributed by atoms with Gasteiger partial charge in [-0.1, -0.05) is 41.4 Å². The molecule has 11 heteroatoms. The Morgan fingerprint density at radius 2 is 1.71 bits per heavy atom. The molecular weight excluding hydrogens is 506 g/mol. The maximum Gasteiger partial charge on any atom is 0.416 e. The van der Waals surface area contributed by atoms with E-state index in [0.29, 0.717) is 27.0 Å². The molecule has 0 atom stereocenters. The average molecular weight is 524 g/mol. The average Bonchev–Trinajstić information content (AvgIpc) is 2.80. The molecule has 0 spiro atoms. The molecule has 2 N–H and O–H groups in total. The van der Waals surface area contributed by atoms with E-state index in [1.54, 1.807) is 36.4 Å². The number of hydrogen-bond acceptors (Lipinski definition) is 4. The highest BCUT2D eigenvalue weighted by Gasteiger charge is 2.30. The number of alkyl halides is 3. The van der Waals surface area contributed by atoms with E-state index in [9.17, 15) is 22.8 Å². The van der Waals surface area contributed by atoms with E-state index in [1.165, 1.54) is 24.4 Å². The number of halogens is 5. The SMILES string of the molecule is O=C(Cc1cccc(C(F)(F)F)c1)N/N=C\c1ccc(OCC(=O)Nc2cc(Cl)ccc2Cl)cc1. The highest BCUT2D eigenvalue weighted by molar-refractivity contribution is 6.35. The molecule has 0 aromatic heterocycles. The second-order valence-electron chi connectivity index (χ2n) is 7.20. The Kier molecular flexibility index (Phi) is 8.73. The van der Waals surface area contributed by atoms with E-state index in [4.69, 9.17) is 27.9 Å². The molecule has 0 aliphatic carbocycles. The maximum atomic E-state index is 12.8. The molecule has 35 heavy (non-hydrogen) atoms. The first kappa shape index (κ1) is 26.1. The number of amides is 2. The van der Waals surface area contributed by atoms with Crippen molar-refractivity contribution in [3.63, 3.8) is 0 Å². The third-order valence-corrected chi connectivity index (χ3v) is 5.04. The number of rotatable bonds is 8. The summed E-state index contributed by atoms with van der Waals surface area (Å²) in [5, 5.41) is 7.17. The molecule has 3 aromatic carbocycles. The van der Waals surface area contributed by atoms with Gasteiger partial charge in [-0.2, -0.15) is 18.3 Å². The lowest BCUT2D eigenvalue weighted by Crippen LogP contribution is -2.20. The Bertz CT molecular complexity index is 1230. The summed E-state index contributed by atoms with van der Waals surface area (Å²) >= 11 is 11.9. The van der Waals surface area contributed by atoms with Crippen LogP contribution >= 0.6 is 23.2 Å². The Balaban J connectivity index is 1.46. The zero-order valence-corrected chi connectivity index (χ0v) is 19.4. The summed E-state index contributed by atoms with van der Waals surface area (Å²) < 4.78 is 43.7.